The fraction of sp³-hybridized carbons (Fsp3) is 0.882. The topological polar surface area (TPSA) is 66.6 Å². The number of primary amides is 1. The van der Waals surface area contributed by atoms with E-state index in [1.807, 2.05) is 4.90 Å². The van der Waals surface area contributed by atoms with Gasteiger partial charge in [-0.1, -0.05) is 19.3 Å². The lowest BCUT2D eigenvalue weighted by atomic mass is 9.90. The third-order valence-corrected chi connectivity index (χ3v) is 5.85. The number of nitrogens with two attached hydrogens (primary N) is 1. The number of hydrogen-bond acceptors (Lipinski definition) is 3. The van der Waals surface area contributed by atoms with Gasteiger partial charge in [-0.05, 0) is 38.5 Å². The molecule has 0 spiro atoms. The molecule has 1 saturated carbocycles. The lowest BCUT2D eigenvalue weighted by molar-refractivity contribution is -0.147. The monoisotopic (exact) mass is 307 g/mol. The highest BCUT2D eigenvalue weighted by molar-refractivity contribution is 6.00. The van der Waals surface area contributed by atoms with Gasteiger partial charge in [0.1, 0.15) is 5.92 Å². The van der Waals surface area contributed by atoms with E-state index in [2.05, 4.69) is 4.90 Å². The summed E-state index contributed by atoms with van der Waals surface area (Å²) in [6.07, 6.45) is 10.5. The highest BCUT2D eigenvalue weighted by atomic mass is 16.2. The normalized spacial score (nSPS) is 29.7. The van der Waals surface area contributed by atoms with E-state index in [0.717, 1.165) is 44.9 Å². The zero-order valence-electron chi connectivity index (χ0n) is 13.5. The Kier molecular flexibility index (Phi) is 5.01. The van der Waals surface area contributed by atoms with Gasteiger partial charge in [-0.15, -0.1) is 0 Å². The Hall–Kier alpha value is -1.10. The van der Waals surface area contributed by atoms with Crippen molar-refractivity contribution in [3.8, 4) is 0 Å². The van der Waals surface area contributed by atoms with Crippen molar-refractivity contribution >= 4 is 11.8 Å². The summed E-state index contributed by atoms with van der Waals surface area (Å²) in [5.74, 6) is -1.05. The maximum absolute atomic E-state index is 12.5. The zero-order valence-corrected chi connectivity index (χ0v) is 13.5. The summed E-state index contributed by atoms with van der Waals surface area (Å²) >= 11 is 0. The second kappa shape index (κ2) is 6.99. The van der Waals surface area contributed by atoms with Crippen LogP contribution >= 0.6 is 0 Å². The smallest absolute Gasteiger partial charge is 0.235 e. The van der Waals surface area contributed by atoms with Gasteiger partial charge in [-0.3, -0.25) is 9.59 Å². The predicted octanol–water partition coefficient (Wildman–Crippen LogP) is 1.51. The molecule has 2 saturated heterocycles. The first-order valence-corrected chi connectivity index (χ1v) is 9.00. The van der Waals surface area contributed by atoms with Crippen LogP contribution in [0.5, 0.6) is 0 Å². The van der Waals surface area contributed by atoms with Crippen molar-refractivity contribution < 1.29 is 9.59 Å². The zero-order chi connectivity index (χ0) is 15.5. The lowest BCUT2D eigenvalue weighted by Gasteiger charge is -2.44. The maximum Gasteiger partial charge on any atom is 0.235 e. The molecule has 2 N–H and O–H groups in total. The number of carbonyl (C=O) groups is 2. The predicted molar refractivity (Wildman–Crippen MR) is 85.1 cm³/mol. The highest BCUT2D eigenvalue weighted by Gasteiger charge is 2.37. The molecule has 0 bridgehead atoms. The van der Waals surface area contributed by atoms with Gasteiger partial charge in [-0.25, -0.2) is 0 Å². The summed E-state index contributed by atoms with van der Waals surface area (Å²) in [5.41, 5.74) is 5.37. The van der Waals surface area contributed by atoms with E-state index in [1.165, 1.54) is 32.1 Å². The van der Waals surface area contributed by atoms with Gasteiger partial charge in [0.05, 0.1) is 0 Å². The van der Waals surface area contributed by atoms with Crippen LogP contribution in [0.1, 0.15) is 57.8 Å². The molecule has 3 rings (SSSR count). The van der Waals surface area contributed by atoms with E-state index in [4.69, 9.17) is 5.73 Å². The first-order chi connectivity index (χ1) is 10.7. The molecular weight excluding hydrogens is 278 g/mol. The van der Waals surface area contributed by atoms with E-state index in [9.17, 15) is 9.59 Å². The van der Waals surface area contributed by atoms with Gasteiger partial charge in [0.25, 0.3) is 0 Å². The fourth-order valence-corrected chi connectivity index (χ4v) is 4.53. The van der Waals surface area contributed by atoms with Crippen molar-refractivity contribution in [3.05, 3.63) is 0 Å². The minimum atomic E-state index is -0.579. The van der Waals surface area contributed by atoms with Crippen molar-refractivity contribution in [3.63, 3.8) is 0 Å². The number of rotatable bonds is 3. The van der Waals surface area contributed by atoms with Gasteiger partial charge in [0, 0.05) is 31.7 Å². The molecule has 0 aromatic carbocycles. The Morgan fingerprint density at radius 1 is 0.864 bits per heavy atom. The van der Waals surface area contributed by atoms with Crippen LogP contribution in [-0.2, 0) is 9.59 Å². The molecular formula is C17H29N3O2. The van der Waals surface area contributed by atoms with E-state index in [0.29, 0.717) is 12.5 Å². The molecule has 0 aromatic heterocycles. The summed E-state index contributed by atoms with van der Waals surface area (Å²) in [5, 5.41) is 0. The number of nitrogens with zero attached hydrogens (tertiary/aromatic N) is 2. The number of piperidine rings is 2. The Labute approximate surface area is 133 Å². The Bertz CT molecular complexity index is 412. The van der Waals surface area contributed by atoms with Crippen LogP contribution in [0.25, 0.3) is 0 Å². The summed E-state index contributed by atoms with van der Waals surface area (Å²) in [4.78, 5) is 28.5. The van der Waals surface area contributed by atoms with E-state index >= 15 is 0 Å². The molecule has 0 aromatic rings. The maximum atomic E-state index is 12.5. The van der Waals surface area contributed by atoms with E-state index < -0.39 is 11.8 Å². The standard InChI is InChI=1S/C17H29N3O2/c18-16(21)15-7-4-10-20(17(15)22)14-8-11-19(12-9-14)13-5-2-1-3-6-13/h13-15H,1-12H2,(H2,18,21). The Balaban J connectivity index is 1.54. The first-order valence-electron chi connectivity index (χ1n) is 9.00. The Morgan fingerprint density at radius 3 is 2.18 bits per heavy atom. The molecule has 1 atom stereocenters. The van der Waals surface area contributed by atoms with Crippen molar-refractivity contribution in [1.29, 1.82) is 0 Å². The molecule has 1 unspecified atom stereocenters. The molecule has 2 amide bonds. The second-order valence-corrected chi connectivity index (χ2v) is 7.19. The quantitative estimate of drug-likeness (QED) is 0.804. The number of carbonyl (C=O) groups excluding carboxylic acids is 2. The highest BCUT2D eigenvalue weighted by Crippen LogP contribution is 2.29. The molecule has 2 heterocycles. The first kappa shape index (κ1) is 15.8. The van der Waals surface area contributed by atoms with Crippen LogP contribution in [-0.4, -0.2) is 53.3 Å². The number of amides is 2. The van der Waals surface area contributed by atoms with Crippen LogP contribution in [0, 0.1) is 5.92 Å². The molecule has 0 radical (unpaired) electrons. The van der Waals surface area contributed by atoms with Crippen molar-refractivity contribution in [2.75, 3.05) is 19.6 Å². The van der Waals surface area contributed by atoms with E-state index in [-0.39, 0.29) is 5.91 Å². The molecule has 5 heteroatoms. The van der Waals surface area contributed by atoms with Gasteiger partial charge in [0.15, 0.2) is 0 Å². The molecule has 2 aliphatic heterocycles. The van der Waals surface area contributed by atoms with Crippen LogP contribution in [0.15, 0.2) is 0 Å². The summed E-state index contributed by atoms with van der Waals surface area (Å²) < 4.78 is 0. The number of hydrogen-bond donors (Lipinski definition) is 1. The molecule has 1 aliphatic carbocycles. The van der Waals surface area contributed by atoms with Gasteiger partial charge < -0.3 is 15.5 Å². The fourth-order valence-electron chi connectivity index (χ4n) is 4.53. The lowest BCUT2D eigenvalue weighted by Crippen LogP contribution is -2.54. The van der Waals surface area contributed by atoms with Crippen LogP contribution < -0.4 is 5.73 Å². The SMILES string of the molecule is NC(=O)C1CCCN(C2CCN(C3CCCCC3)CC2)C1=O. The van der Waals surface area contributed by atoms with Gasteiger partial charge in [0.2, 0.25) is 11.8 Å². The minimum absolute atomic E-state index is 0.0186. The van der Waals surface area contributed by atoms with Crippen molar-refractivity contribution in [1.82, 2.24) is 9.80 Å². The van der Waals surface area contributed by atoms with Crippen LogP contribution in [0.4, 0.5) is 0 Å². The van der Waals surface area contributed by atoms with Gasteiger partial charge in [-0.2, -0.15) is 0 Å². The molecule has 5 nitrogen and oxygen atoms in total. The van der Waals surface area contributed by atoms with Crippen LogP contribution in [0.2, 0.25) is 0 Å². The Morgan fingerprint density at radius 2 is 1.55 bits per heavy atom. The minimum Gasteiger partial charge on any atom is -0.369 e. The third kappa shape index (κ3) is 3.29. The molecule has 22 heavy (non-hydrogen) atoms. The average molecular weight is 307 g/mol. The van der Waals surface area contributed by atoms with Crippen molar-refractivity contribution in [2.45, 2.75) is 69.9 Å². The van der Waals surface area contributed by atoms with Crippen molar-refractivity contribution in [2.24, 2.45) is 11.7 Å². The van der Waals surface area contributed by atoms with Crippen LogP contribution in [0.3, 0.4) is 0 Å². The molecule has 124 valence electrons. The summed E-state index contributed by atoms with van der Waals surface area (Å²) in [6.45, 7) is 3.00. The van der Waals surface area contributed by atoms with Gasteiger partial charge >= 0.3 is 0 Å². The molecule has 3 fully saturated rings. The summed E-state index contributed by atoms with van der Waals surface area (Å²) in [6, 6.07) is 1.08. The molecule has 3 aliphatic rings. The third-order valence-electron chi connectivity index (χ3n) is 5.85. The second-order valence-electron chi connectivity index (χ2n) is 7.19. The largest absolute Gasteiger partial charge is 0.369 e. The average Bonchev–Trinajstić information content (AvgIpc) is 2.56. The van der Waals surface area contributed by atoms with E-state index in [1.54, 1.807) is 0 Å². The summed E-state index contributed by atoms with van der Waals surface area (Å²) in [7, 11) is 0. The number of likely N-dealkylation sites (tertiary alicyclic amines) is 2.